The monoisotopic (exact) mass is 678 g/mol. The van der Waals surface area contributed by atoms with Gasteiger partial charge < -0.3 is 51.0 Å². The first-order valence-corrected chi connectivity index (χ1v) is 10.0. The predicted octanol–water partition coefficient (Wildman–Crippen LogP) is -8.28. The summed E-state index contributed by atoms with van der Waals surface area (Å²) in [5.41, 5.74) is 0. The minimum Gasteiger partial charge on any atom is -0.759 e. The second-order valence-electron chi connectivity index (χ2n) is 2.04. The Morgan fingerprint density at radius 1 is 0.300 bits per heavy atom. The molecule has 0 fully saturated rings. The van der Waals surface area contributed by atoms with Crippen LogP contribution in [0.3, 0.4) is 0 Å². The maximum atomic E-state index is 8.52. The van der Waals surface area contributed by atoms with Crippen LogP contribution >= 0.6 is 0 Å². The Labute approximate surface area is 212 Å². The Kier molecular flexibility index (Phi) is 56.3. The minimum atomic E-state index is -5.17. The van der Waals surface area contributed by atoms with Crippen molar-refractivity contribution in [2.24, 2.45) is 0 Å². The van der Waals surface area contributed by atoms with Crippen LogP contribution in [0, 0.1) is 0 Å². The molecule has 30 heavy (non-hydrogen) atoms. The molecule has 0 aromatic carbocycles. The van der Waals surface area contributed by atoms with Crippen molar-refractivity contribution in [2.75, 3.05) is 0 Å². The zero-order valence-electron chi connectivity index (χ0n) is 12.5. The molecule has 0 bridgehead atoms. The quantitative estimate of drug-likeness (QED) is 0.130. The number of hydrogen-bond acceptors (Lipinski definition) is 20. The van der Waals surface area contributed by atoms with E-state index in [1.54, 1.807) is 0 Å². The van der Waals surface area contributed by atoms with Gasteiger partial charge in [0.15, 0.2) is 0 Å². The molecular formula is H2Al2Cu2O21S5. The predicted molar refractivity (Wildman–Crippen MR) is 67.5 cm³/mol. The van der Waals surface area contributed by atoms with E-state index in [0.717, 1.165) is 0 Å². The molecule has 30 heteroatoms. The van der Waals surface area contributed by atoms with E-state index >= 15 is 0 Å². The third-order valence-corrected chi connectivity index (χ3v) is 0. The van der Waals surface area contributed by atoms with Gasteiger partial charge in [0.25, 0.3) is 0 Å². The van der Waals surface area contributed by atoms with Crippen LogP contribution in [0.15, 0.2) is 0 Å². The molecule has 0 aromatic heterocycles. The molecule has 0 heterocycles. The van der Waals surface area contributed by atoms with E-state index < -0.39 is 52.0 Å². The Morgan fingerprint density at radius 3 is 0.300 bits per heavy atom. The largest absolute Gasteiger partial charge is 3.00 e. The van der Waals surface area contributed by atoms with Crippen LogP contribution in [0.2, 0.25) is 0 Å². The van der Waals surface area contributed by atoms with Crippen LogP contribution in [-0.4, -0.2) is 128 Å². The standard InChI is InChI=1S/2Al.2Cu.5H2O4S.H2O/c;;;;5*1-5(2,3)4;/h;;;;5*(H2,1,2,3,4);1H2/q2*+3;2*+2;;;;;;/p-10. The summed E-state index contributed by atoms with van der Waals surface area (Å²) < 4.78 is 170. The van der Waals surface area contributed by atoms with Crippen molar-refractivity contribution in [3.63, 3.8) is 0 Å². The second-order valence-corrected chi connectivity index (χ2v) is 6.12. The Morgan fingerprint density at radius 2 is 0.300 bits per heavy atom. The molecule has 0 spiro atoms. The fraction of sp³-hybridized carbons (Fsp3) is 0. The van der Waals surface area contributed by atoms with Gasteiger partial charge in [0, 0.05) is 52.0 Å². The molecule has 0 saturated carbocycles. The van der Waals surface area contributed by atoms with Crippen molar-refractivity contribution in [3.8, 4) is 0 Å². The molecule has 2 radical (unpaired) electrons. The molecule has 0 amide bonds. The van der Waals surface area contributed by atoms with Gasteiger partial charge in [-0.1, -0.05) is 0 Å². The number of rotatable bonds is 0. The van der Waals surface area contributed by atoms with E-state index in [9.17, 15) is 0 Å². The zero-order valence-corrected chi connectivity index (χ0v) is 20.7. The van der Waals surface area contributed by atoms with Gasteiger partial charge >= 0.3 is 68.9 Å². The second kappa shape index (κ2) is 26.7. The molecule has 0 aliphatic carbocycles. The summed E-state index contributed by atoms with van der Waals surface area (Å²) in [6.07, 6.45) is 0. The van der Waals surface area contributed by atoms with E-state index in [-0.39, 0.29) is 74.3 Å². The van der Waals surface area contributed by atoms with E-state index in [1.165, 1.54) is 0 Å². The molecule has 186 valence electrons. The smallest absolute Gasteiger partial charge is 0.759 e. The van der Waals surface area contributed by atoms with E-state index in [2.05, 4.69) is 0 Å². The summed E-state index contributed by atoms with van der Waals surface area (Å²) in [6, 6.07) is 0. The molecular weight excluding hydrogens is 677 g/mol. The van der Waals surface area contributed by atoms with Crippen LogP contribution in [-0.2, 0) is 86.1 Å². The molecule has 0 aliphatic rings. The van der Waals surface area contributed by atoms with Gasteiger partial charge in [-0.3, -0.25) is 42.1 Å². The fourth-order valence-corrected chi connectivity index (χ4v) is 0. The third kappa shape index (κ3) is 11900. The first-order chi connectivity index (χ1) is 10.0. The van der Waals surface area contributed by atoms with Crippen molar-refractivity contribution in [1.29, 1.82) is 0 Å². The summed E-state index contributed by atoms with van der Waals surface area (Å²) in [5.74, 6) is 0. The van der Waals surface area contributed by atoms with E-state index in [1.807, 2.05) is 0 Å². The van der Waals surface area contributed by atoms with Gasteiger partial charge in [0.1, 0.15) is 0 Å². The van der Waals surface area contributed by atoms with E-state index in [4.69, 9.17) is 87.6 Å². The summed E-state index contributed by atoms with van der Waals surface area (Å²) in [5, 5.41) is 0. The number of hydrogen-bond donors (Lipinski definition) is 0. The molecule has 0 unspecified atom stereocenters. The van der Waals surface area contributed by atoms with Crippen molar-refractivity contribution >= 4 is 86.7 Å². The summed E-state index contributed by atoms with van der Waals surface area (Å²) in [4.78, 5) is 0. The molecule has 0 rings (SSSR count). The SMILES string of the molecule is O.O=S(=O)([O-])[O-].O=S(=O)([O-])[O-].O=S(=O)([O-])[O-].O=S(=O)([O-])[O-].O=S(=O)([O-])[O-].[Al+3].[Al+3].[Cu+2].[Cu+2]. The Bertz CT molecular complexity index is 630. The van der Waals surface area contributed by atoms with Gasteiger partial charge in [-0.05, 0) is 0 Å². The van der Waals surface area contributed by atoms with Crippen LogP contribution < -0.4 is 0 Å². The molecule has 21 nitrogen and oxygen atoms in total. The van der Waals surface area contributed by atoms with Crippen LogP contribution in [0.5, 0.6) is 0 Å². The maximum Gasteiger partial charge on any atom is 3.00 e. The van der Waals surface area contributed by atoms with Gasteiger partial charge in [0.05, 0.1) is 0 Å². The molecule has 0 atom stereocenters. The van der Waals surface area contributed by atoms with Crippen molar-refractivity contribution < 1.29 is 127 Å². The molecule has 0 aliphatic heterocycles. The van der Waals surface area contributed by atoms with Gasteiger partial charge in [-0.25, -0.2) is 0 Å². The van der Waals surface area contributed by atoms with Crippen molar-refractivity contribution in [2.45, 2.75) is 0 Å². The Balaban J connectivity index is -0.0000000200. The van der Waals surface area contributed by atoms with Crippen molar-refractivity contribution in [1.82, 2.24) is 0 Å². The Hall–Kier alpha value is 1.41. The normalized spacial score (nSPS) is 9.67. The summed E-state index contributed by atoms with van der Waals surface area (Å²) in [6.45, 7) is 0. The minimum absolute atomic E-state index is 0. The average Bonchev–Trinajstić information content (AvgIpc) is 1.79. The fourth-order valence-electron chi connectivity index (χ4n) is 0. The van der Waals surface area contributed by atoms with Gasteiger partial charge in [0.2, 0.25) is 0 Å². The van der Waals surface area contributed by atoms with Crippen LogP contribution in [0.4, 0.5) is 0 Å². The zero-order chi connectivity index (χ0) is 22.5. The van der Waals surface area contributed by atoms with Gasteiger partial charge in [-0.15, -0.1) is 0 Å². The van der Waals surface area contributed by atoms with Crippen LogP contribution in [0.1, 0.15) is 0 Å². The third-order valence-electron chi connectivity index (χ3n) is 0. The summed E-state index contributed by atoms with van der Waals surface area (Å²) in [7, 11) is -25.8. The van der Waals surface area contributed by atoms with Crippen molar-refractivity contribution in [3.05, 3.63) is 0 Å². The molecule has 0 aromatic rings. The molecule has 2 N–H and O–H groups in total. The first-order valence-electron chi connectivity index (χ1n) is 3.33. The first kappa shape index (κ1) is 63.4. The topological polar surface area (TPSA) is 433 Å². The summed E-state index contributed by atoms with van der Waals surface area (Å²) >= 11 is 0. The molecule has 0 saturated heterocycles. The average molecular weight is 679 g/mol. The van der Waals surface area contributed by atoms with E-state index in [0.29, 0.717) is 0 Å². The maximum absolute atomic E-state index is 8.52. The van der Waals surface area contributed by atoms with Crippen LogP contribution in [0.25, 0.3) is 0 Å². The van der Waals surface area contributed by atoms with Gasteiger partial charge in [-0.2, -0.15) is 0 Å².